The van der Waals surface area contributed by atoms with Crippen molar-refractivity contribution in [3.63, 3.8) is 0 Å². The first-order chi connectivity index (χ1) is 15.2. The zero-order valence-corrected chi connectivity index (χ0v) is 18.3. The summed E-state index contributed by atoms with van der Waals surface area (Å²) in [6.07, 6.45) is 1.51. The normalized spacial score (nSPS) is 17.2. The van der Waals surface area contributed by atoms with Crippen LogP contribution in [0, 0.1) is 5.82 Å². The van der Waals surface area contributed by atoms with Gasteiger partial charge in [-0.2, -0.15) is 9.37 Å². The van der Waals surface area contributed by atoms with E-state index in [-0.39, 0.29) is 23.7 Å². The van der Waals surface area contributed by atoms with Gasteiger partial charge in [-0.25, -0.2) is 13.8 Å². The highest BCUT2D eigenvalue weighted by molar-refractivity contribution is 5.83. The first-order valence-corrected chi connectivity index (χ1v) is 10.5. The first kappa shape index (κ1) is 23.6. The molecule has 1 saturated heterocycles. The van der Waals surface area contributed by atoms with Crippen LogP contribution < -0.4 is 19.7 Å². The quantitative estimate of drug-likeness (QED) is 0.627. The lowest BCUT2D eigenvalue weighted by atomic mass is 10.0. The summed E-state index contributed by atoms with van der Waals surface area (Å²) >= 11 is 0. The Kier molecular flexibility index (Phi) is 7.42. The van der Waals surface area contributed by atoms with Gasteiger partial charge < -0.3 is 19.7 Å². The highest BCUT2D eigenvalue weighted by Gasteiger charge is 2.30. The Morgan fingerprint density at radius 1 is 1.31 bits per heavy atom. The van der Waals surface area contributed by atoms with Gasteiger partial charge in [0.25, 0.3) is 11.8 Å². The smallest absolute Gasteiger partial charge is 0.278 e. The second-order valence-electron chi connectivity index (χ2n) is 7.84. The fraction of sp³-hybridized carbons (Fsp3) is 0.500. The highest BCUT2D eigenvalue weighted by Crippen LogP contribution is 2.29. The van der Waals surface area contributed by atoms with Crippen LogP contribution >= 0.6 is 0 Å². The predicted molar refractivity (Wildman–Crippen MR) is 113 cm³/mol. The van der Waals surface area contributed by atoms with Crippen LogP contribution in [0.2, 0.25) is 0 Å². The van der Waals surface area contributed by atoms with E-state index in [1.165, 1.54) is 0 Å². The van der Waals surface area contributed by atoms with E-state index >= 15 is 0 Å². The molecular weight excluding hydrogens is 425 g/mol. The molecule has 2 aromatic rings. The molecule has 174 valence electrons. The number of aromatic nitrogens is 2. The van der Waals surface area contributed by atoms with Gasteiger partial charge >= 0.3 is 0 Å². The van der Waals surface area contributed by atoms with E-state index in [9.17, 15) is 18.0 Å². The molecule has 10 heteroatoms. The van der Waals surface area contributed by atoms with Crippen LogP contribution in [0.4, 0.5) is 19.0 Å². The van der Waals surface area contributed by atoms with Crippen LogP contribution in [0.3, 0.4) is 0 Å². The Balaban J connectivity index is 1.60. The number of hydrogen-bond acceptors (Lipinski definition) is 6. The first-order valence-electron chi connectivity index (χ1n) is 10.5. The van der Waals surface area contributed by atoms with Crippen LogP contribution in [0.1, 0.15) is 38.7 Å². The minimum absolute atomic E-state index is 0.00775. The molecule has 32 heavy (non-hydrogen) atoms. The summed E-state index contributed by atoms with van der Waals surface area (Å²) in [5.41, 5.74) is 0.879. The largest absolute Gasteiger partial charge is 0.489 e. The lowest BCUT2D eigenvalue weighted by Crippen LogP contribution is -2.27. The average Bonchev–Trinajstić information content (AvgIpc) is 3.21. The lowest BCUT2D eigenvalue weighted by Gasteiger charge is -2.20. The Morgan fingerprint density at radius 2 is 2.03 bits per heavy atom. The average molecular weight is 452 g/mol. The molecule has 1 aromatic heterocycles. The van der Waals surface area contributed by atoms with Crippen molar-refractivity contribution < 1.29 is 27.4 Å². The molecule has 1 aliphatic heterocycles. The van der Waals surface area contributed by atoms with Gasteiger partial charge in [-0.1, -0.05) is 12.1 Å². The van der Waals surface area contributed by atoms with Crippen molar-refractivity contribution in [2.75, 3.05) is 31.1 Å². The van der Waals surface area contributed by atoms with E-state index in [1.807, 2.05) is 26.0 Å². The summed E-state index contributed by atoms with van der Waals surface area (Å²) in [6, 6.07) is 7.30. The Hall–Kier alpha value is -3.04. The molecule has 2 heterocycles. The number of halogens is 3. The molecule has 7 nitrogen and oxygen atoms in total. The minimum atomic E-state index is -3.10. The van der Waals surface area contributed by atoms with E-state index in [2.05, 4.69) is 15.3 Å². The molecule has 1 fully saturated rings. The van der Waals surface area contributed by atoms with Crippen molar-refractivity contribution in [2.24, 2.45) is 0 Å². The lowest BCUT2D eigenvalue weighted by molar-refractivity contribution is -0.122. The summed E-state index contributed by atoms with van der Waals surface area (Å²) in [6.45, 7) is 4.85. The standard InChI is InChI=1S/C22H27F3N4O3/c1-4-26-20(30)14(2)15-5-7-16(8-6-15)32-17-9-10-29(11-17)19-18(23)21(28-13-27-19)31-12-22(3,24)25/h5-8,13-14,17H,4,9-12H2,1-3H3,(H,26,30)/t14?,17-/m1/s1. The van der Waals surface area contributed by atoms with Crippen molar-refractivity contribution in [1.82, 2.24) is 15.3 Å². The number of amides is 1. The third-order valence-corrected chi connectivity index (χ3v) is 5.07. The van der Waals surface area contributed by atoms with E-state index in [0.29, 0.717) is 38.7 Å². The summed E-state index contributed by atoms with van der Waals surface area (Å²) in [5, 5.41) is 2.80. The highest BCUT2D eigenvalue weighted by atomic mass is 19.3. The number of rotatable bonds is 9. The number of ether oxygens (including phenoxy) is 2. The number of likely N-dealkylation sites (N-methyl/N-ethyl adjacent to an activating group) is 1. The molecule has 1 unspecified atom stereocenters. The molecule has 1 aliphatic rings. The van der Waals surface area contributed by atoms with Gasteiger partial charge in [0.15, 0.2) is 12.4 Å². The maximum absolute atomic E-state index is 14.7. The number of carbonyl (C=O) groups is 1. The van der Waals surface area contributed by atoms with Gasteiger partial charge in [-0.05, 0) is 31.5 Å². The molecule has 0 bridgehead atoms. The van der Waals surface area contributed by atoms with E-state index in [0.717, 1.165) is 11.9 Å². The molecule has 0 aliphatic carbocycles. The summed E-state index contributed by atoms with van der Waals surface area (Å²) in [4.78, 5) is 21.2. The van der Waals surface area contributed by atoms with E-state index < -0.39 is 24.2 Å². The van der Waals surface area contributed by atoms with Gasteiger partial charge in [0.1, 0.15) is 18.2 Å². The van der Waals surface area contributed by atoms with Crippen LogP contribution in [0.15, 0.2) is 30.6 Å². The fourth-order valence-electron chi connectivity index (χ4n) is 3.38. The van der Waals surface area contributed by atoms with Crippen LogP contribution in [0.5, 0.6) is 11.6 Å². The van der Waals surface area contributed by atoms with Crippen molar-refractivity contribution in [3.05, 3.63) is 42.0 Å². The molecule has 1 aromatic carbocycles. The topological polar surface area (TPSA) is 76.6 Å². The number of nitrogens with one attached hydrogen (secondary N) is 1. The van der Waals surface area contributed by atoms with Crippen LogP contribution in [0.25, 0.3) is 0 Å². The third kappa shape index (κ3) is 6.02. The predicted octanol–water partition coefficient (Wildman–Crippen LogP) is 3.55. The zero-order chi connectivity index (χ0) is 23.3. The van der Waals surface area contributed by atoms with Gasteiger partial charge in [0, 0.05) is 26.4 Å². The second kappa shape index (κ2) is 10.1. The summed E-state index contributed by atoms with van der Waals surface area (Å²) < 4.78 is 51.5. The number of alkyl halides is 2. The Morgan fingerprint density at radius 3 is 2.69 bits per heavy atom. The van der Waals surface area contributed by atoms with Crippen molar-refractivity contribution in [2.45, 2.75) is 45.1 Å². The molecule has 0 saturated carbocycles. The van der Waals surface area contributed by atoms with Gasteiger partial charge in [-0.3, -0.25) is 4.79 Å². The number of hydrogen-bond donors (Lipinski definition) is 1. The van der Waals surface area contributed by atoms with Crippen LogP contribution in [-0.4, -0.2) is 54.1 Å². The zero-order valence-electron chi connectivity index (χ0n) is 18.3. The molecular formula is C22H27F3N4O3. The fourth-order valence-corrected chi connectivity index (χ4v) is 3.38. The Bertz CT molecular complexity index is 922. The number of nitrogens with zero attached hydrogens (tertiary/aromatic N) is 3. The molecule has 3 rings (SSSR count). The van der Waals surface area contributed by atoms with Crippen molar-refractivity contribution >= 4 is 11.7 Å². The molecule has 2 atom stereocenters. The van der Waals surface area contributed by atoms with Gasteiger partial charge in [0.2, 0.25) is 11.7 Å². The van der Waals surface area contributed by atoms with Crippen LogP contribution in [-0.2, 0) is 4.79 Å². The maximum atomic E-state index is 14.7. The molecule has 0 spiro atoms. The van der Waals surface area contributed by atoms with Crippen molar-refractivity contribution in [3.8, 4) is 11.6 Å². The maximum Gasteiger partial charge on any atom is 0.278 e. The summed E-state index contributed by atoms with van der Waals surface area (Å²) in [5.74, 6) is -4.15. The molecule has 0 radical (unpaired) electrons. The van der Waals surface area contributed by atoms with E-state index in [1.54, 1.807) is 17.0 Å². The molecule has 1 amide bonds. The Labute approximate surface area is 184 Å². The minimum Gasteiger partial charge on any atom is -0.489 e. The molecule has 1 N–H and O–H groups in total. The summed E-state index contributed by atoms with van der Waals surface area (Å²) in [7, 11) is 0. The number of benzene rings is 1. The third-order valence-electron chi connectivity index (χ3n) is 5.07. The number of carbonyl (C=O) groups excluding carboxylic acids is 1. The van der Waals surface area contributed by atoms with Crippen molar-refractivity contribution in [1.29, 1.82) is 0 Å². The SMILES string of the molecule is CCNC(=O)C(C)c1ccc(O[C@@H]2CCN(c3ncnc(OCC(C)(F)F)c3F)C2)cc1. The monoisotopic (exact) mass is 452 g/mol. The van der Waals surface area contributed by atoms with Gasteiger partial charge in [-0.15, -0.1) is 0 Å². The second-order valence-corrected chi connectivity index (χ2v) is 7.84. The number of anilines is 1. The van der Waals surface area contributed by atoms with Gasteiger partial charge in [0.05, 0.1) is 12.5 Å². The van der Waals surface area contributed by atoms with E-state index in [4.69, 9.17) is 9.47 Å².